The van der Waals surface area contributed by atoms with E-state index in [4.69, 9.17) is 0 Å². The summed E-state index contributed by atoms with van der Waals surface area (Å²) >= 11 is 0. The molecule has 20 heavy (non-hydrogen) atoms. The van der Waals surface area contributed by atoms with Crippen molar-refractivity contribution in [3.63, 3.8) is 0 Å². The smallest absolute Gasteiger partial charge is 0.194 e. The molecule has 0 unspecified atom stereocenters. The first-order valence-electron chi connectivity index (χ1n) is 6.45. The van der Waals surface area contributed by atoms with E-state index in [1.165, 1.54) is 0 Å². The Labute approximate surface area is 116 Å². The fraction of sp³-hybridized carbons (Fsp3) is 0.176. The van der Waals surface area contributed by atoms with Gasteiger partial charge in [0, 0.05) is 0 Å². The molecule has 0 heterocycles. The molecule has 3 heteroatoms. The molecule has 2 rings (SSSR count). The molecular weight excluding hydrogens is 261 g/mol. The highest BCUT2D eigenvalue weighted by Gasteiger charge is 2.10. The normalized spacial score (nSPS) is 11.2. The monoisotopic (exact) mass is 276 g/mol. The Kier molecular flexibility index (Phi) is 4.61. The third-order valence-corrected chi connectivity index (χ3v) is 3.08. The standard InChI is InChI=1S/C17H15F3/c1-2-3-12-4-6-13(7-5-12)8-9-14-10-15(18)17(20)16(19)11-14/h2-7,10-11H,8-9H2,1H3/b3-2+. The molecule has 0 radical (unpaired) electrons. The Morgan fingerprint density at radius 3 is 1.95 bits per heavy atom. The molecule has 0 spiro atoms. The quantitative estimate of drug-likeness (QED) is 0.695. The summed E-state index contributed by atoms with van der Waals surface area (Å²) < 4.78 is 39.0. The summed E-state index contributed by atoms with van der Waals surface area (Å²) in [6.45, 7) is 1.95. The van der Waals surface area contributed by atoms with Gasteiger partial charge >= 0.3 is 0 Å². The second-order valence-electron chi connectivity index (χ2n) is 4.62. The predicted molar refractivity (Wildman–Crippen MR) is 74.9 cm³/mol. The van der Waals surface area contributed by atoms with Crippen molar-refractivity contribution in [2.75, 3.05) is 0 Å². The van der Waals surface area contributed by atoms with E-state index in [0.29, 0.717) is 18.4 Å². The lowest BCUT2D eigenvalue weighted by Gasteiger charge is -2.04. The average Bonchev–Trinajstić information content (AvgIpc) is 2.44. The van der Waals surface area contributed by atoms with Gasteiger partial charge in [0.25, 0.3) is 0 Å². The molecule has 0 bridgehead atoms. The lowest BCUT2D eigenvalue weighted by Crippen LogP contribution is -1.97. The zero-order valence-corrected chi connectivity index (χ0v) is 11.2. The van der Waals surface area contributed by atoms with Gasteiger partial charge in [0.05, 0.1) is 0 Å². The number of benzene rings is 2. The van der Waals surface area contributed by atoms with E-state index in [1.54, 1.807) is 0 Å². The summed E-state index contributed by atoms with van der Waals surface area (Å²) in [6.07, 6.45) is 5.07. The average molecular weight is 276 g/mol. The summed E-state index contributed by atoms with van der Waals surface area (Å²) in [6, 6.07) is 10.0. The van der Waals surface area contributed by atoms with Crippen molar-refractivity contribution >= 4 is 6.08 Å². The molecule has 2 aromatic carbocycles. The van der Waals surface area contributed by atoms with Crippen molar-refractivity contribution in [2.24, 2.45) is 0 Å². The molecule has 0 aliphatic heterocycles. The summed E-state index contributed by atoms with van der Waals surface area (Å²) in [5, 5.41) is 0. The van der Waals surface area contributed by atoms with E-state index < -0.39 is 17.5 Å². The van der Waals surface area contributed by atoms with Crippen LogP contribution in [-0.4, -0.2) is 0 Å². The van der Waals surface area contributed by atoms with Gasteiger partial charge in [-0.05, 0) is 48.6 Å². The maximum absolute atomic E-state index is 13.1. The maximum atomic E-state index is 13.1. The van der Waals surface area contributed by atoms with Crippen molar-refractivity contribution in [3.8, 4) is 0 Å². The van der Waals surface area contributed by atoms with Crippen molar-refractivity contribution < 1.29 is 13.2 Å². The van der Waals surface area contributed by atoms with E-state index in [1.807, 2.05) is 43.3 Å². The zero-order valence-electron chi connectivity index (χ0n) is 11.2. The molecule has 0 nitrogen and oxygen atoms in total. The van der Waals surface area contributed by atoms with Crippen LogP contribution in [0.15, 0.2) is 42.5 Å². The molecular formula is C17H15F3. The van der Waals surface area contributed by atoms with Crippen LogP contribution in [0.5, 0.6) is 0 Å². The molecule has 0 N–H and O–H groups in total. The molecule has 0 aliphatic rings. The molecule has 0 amide bonds. The molecule has 0 saturated carbocycles. The van der Waals surface area contributed by atoms with E-state index in [9.17, 15) is 13.2 Å². The highest BCUT2D eigenvalue weighted by atomic mass is 19.2. The molecule has 104 valence electrons. The largest absolute Gasteiger partial charge is 0.204 e. The van der Waals surface area contributed by atoms with E-state index >= 15 is 0 Å². The van der Waals surface area contributed by atoms with E-state index in [2.05, 4.69) is 0 Å². The SMILES string of the molecule is C/C=C/c1ccc(CCc2cc(F)c(F)c(F)c2)cc1. The lowest BCUT2D eigenvalue weighted by molar-refractivity contribution is 0.445. The van der Waals surface area contributed by atoms with E-state index in [-0.39, 0.29) is 0 Å². The van der Waals surface area contributed by atoms with Gasteiger partial charge < -0.3 is 0 Å². The Morgan fingerprint density at radius 2 is 1.40 bits per heavy atom. The topological polar surface area (TPSA) is 0 Å². The van der Waals surface area contributed by atoms with Crippen LogP contribution in [0.4, 0.5) is 13.2 Å². The van der Waals surface area contributed by atoms with Gasteiger partial charge in [-0.3, -0.25) is 0 Å². The fourth-order valence-electron chi connectivity index (χ4n) is 2.03. The van der Waals surface area contributed by atoms with Crippen LogP contribution in [0.1, 0.15) is 23.6 Å². The molecule has 0 aliphatic carbocycles. The van der Waals surface area contributed by atoms with Crippen LogP contribution >= 0.6 is 0 Å². The first-order valence-corrected chi connectivity index (χ1v) is 6.45. The predicted octanol–water partition coefficient (Wildman–Crippen LogP) is 4.92. The summed E-state index contributed by atoms with van der Waals surface area (Å²) in [4.78, 5) is 0. The third kappa shape index (κ3) is 3.50. The Bertz CT molecular complexity index is 590. The number of rotatable bonds is 4. The van der Waals surface area contributed by atoms with Crippen molar-refractivity contribution in [2.45, 2.75) is 19.8 Å². The molecule has 0 atom stereocenters. The summed E-state index contributed by atoms with van der Waals surface area (Å²) in [5.41, 5.74) is 2.64. The first-order chi connectivity index (χ1) is 9.60. The third-order valence-electron chi connectivity index (χ3n) is 3.08. The van der Waals surface area contributed by atoms with Crippen LogP contribution < -0.4 is 0 Å². The number of halogens is 3. The second kappa shape index (κ2) is 6.42. The first kappa shape index (κ1) is 14.4. The Morgan fingerprint density at radius 1 is 0.850 bits per heavy atom. The Hall–Kier alpha value is -2.03. The molecule has 0 saturated heterocycles. The van der Waals surface area contributed by atoms with Crippen molar-refractivity contribution in [1.29, 1.82) is 0 Å². The number of aryl methyl sites for hydroxylation is 2. The van der Waals surface area contributed by atoms with Crippen LogP contribution in [-0.2, 0) is 12.8 Å². The van der Waals surface area contributed by atoms with Gasteiger partial charge in [-0.2, -0.15) is 0 Å². The summed E-state index contributed by atoms with van der Waals surface area (Å²) in [5.74, 6) is -3.68. The van der Waals surface area contributed by atoms with Gasteiger partial charge in [-0.25, -0.2) is 13.2 Å². The number of allylic oxidation sites excluding steroid dienone is 1. The minimum atomic E-state index is -1.41. The number of hydrogen-bond acceptors (Lipinski definition) is 0. The summed E-state index contributed by atoms with van der Waals surface area (Å²) in [7, 11) is 0. The van der Waals surface area contributed by atoms with Gasteiger partial charge in [0.1, 0.15) is 0 Å². The van der Waals surface area contributed by atoms with Crippen molar-refractivity contribution in [1.82, 2.24) is 0 Å². The zero-order chi connectivity index (χ0) is 14.5. The maximum Gasteiger partial charge on any atom is 0.194 e. The lowest BCUT2D eigenvalue weighted by atomic mass is 10.0. The van der Waals surface area contributed by atoms with Crippen LogP contribution in [0.25, 0.3) is 6.08 Å². The van der Waals surface area contributed by atoms with Crippen molar-refractivity contribution in [3.05, 3.63) is 76.6 Å². The highest BCUT2D eigenvalue weighted by molar-refractivity contribution is 5.49. The fourth-order valence-corrected chi connectivity index (χ4v) is 2.03. The van der Waals surface area contributed by atoms with Crippen LogP contribution in [0.2, 0.25) is 0 Å². The molecule has 2 aromatic rings. The van der Waals surface area contributed by atoms with E-state index in [0.717, 1.165) is 23.3 Å². The molecule has 0 fully saturated rings. The van der Waals surface area contributed by atoms with Crippen LogP contribution in [0, 0.1) is 17.5 Å². The molecule has 0 aromatic heterocycles. The van der Waals surface area contributed by atoms with Gasteiger partial charge in [0.15, 0.2) is 17.5 Å². The van der Waals surface area contributed by atoms with Crippen LogP contribution in [0.3, 0.4) is 0 Å². The van der Waals surface area contributed by atoms with Gasteiger partial charge in [-0.1, -0.05) is 36.4 Å². The highest BCUT2D eigenvalue weighted by Crippen LogP contribution is 2.16. The van der Waals surface area contributed by atoms with Gasteiger partial charge in [-0.15, -0.1) is 0 Å². The number of hydrogen-bond donors (Lipinski definition) is 0. The second-order valence-corrected chi connectivity index (χ2v) is 4.62. The Balaban J connectivity index is 2.05. The minimum Gasteiger partial charge on any atom is -0.204 e. The van der Waals surface area contributed by atoms with Gasteiger partial charge in [0.2, 0.25) is 0 Å². The minimum absolute atomic E-state index is 0.457.